The summed E-state index contributed by atoms with van der Waals surface area (Å²) in [6.07, 6.45) is 0.758. The van der Waals surface area contributed by atoms with Crippen LogP contribution in [-0.2, 0) is 14.0 Å². The number of hydrogen-bond acceptors (Lipinski definition) is 5. The zero-order chi connectivity index (χ0) is 17.4. The van der Waals surface area contributed by atoms with Gasteiger partial charge in [-0.25, -0.2) is 4.79 Å². The number of aldehydes is 1. The Morgan fingerprint density at radius 2 is 2.04 bits per heavy atom. The van der Waals surface area contributed by atoms with E-state index in [9.17, 15) is 14.4 Å². The molecule has 0 bridgehead atoms. The van der Waals surface area contributed by atoms with Gasteiger partial charge in [0.15, 0.2) is 14.6 Å². The third kappa shape index (κ3) is 3.70. The maximum atomic E-state index is 11.9. The van der Waals surface area contributed by atoms with Crippen molar-refractivity contribution in [1.29, 1.82) is 0 Å². The van der Waals surface area contributed by atoms with Gasteiger partial charge in [0.1, 0.15) is 12.3 Å². The van der Waals surface area contributed by atoms with E-state index in [2.05, 4.69) is 38.8 Å². The Morgan fingerprint density at radius 3 is 2.57 bits per heavy atom. The van der Waals surface area contributed by atoms with E-state index in [1.165, 1.54) is 16.8 Å². The Morgan fingerprint density at radius 1 is 1.39 bits per heavy atom. The number of carbonyl (C=O) groups excluding carboxylic acids is 1. The summed E-state index contributed by atoms with van der Waals surface area (Å²) in [5.74, 6) is 0. The molecule has 1 aliphatic heterocycles. The molecule has 128 valence electrons. The van der Waals surface area contributed by atoms with Gasteiger partial charge in [-0.15, -0.1) is 0 Å². The van der Waals surface area contributed by atoms with Gasteiger partial charge < -0.3 is 14.0 Å². The summed E-state index contributed by atoms with van der Waals surface area (Å²) in [5.41, 5.74) is -1.02. The minimum absolute atomic E-state index is 0.00728. The Balaban J connectivity index is 2.22. The van der Waals surface area contributed by atoms with E-state index in [0.29, 0.717) is 12.7 Å². The van der Waals surface area contributed by atoms with E-state index in [4.69, 9.17) is 9.16 Å². The SMILES string of the molecule is CC(C)(C)[Si](C)(C)OC1C[C@H](n2ccc(=O)[nH]c2=O)O[C@@H]1C=O. The zero-order valence-electron chi connectivity index (χ0n) is 14.2. The van der Waals surface area contributed by atoms with Crippen molar-refractivity contribution < 1.29 is 14.0 Å². The molecule has 1 aromatic heterocycles. The maximum Gasteiger partial charge on any atom is 0.330 e. The van der Waals surface area contributed by atoms with Crippen molar-refractivity contribution in [3.8, 4) is 0 Å². The Kier molecular flexibility index (Phi) is 4.79. The number of aromatic amines is 1. The summed E-state index contributed by atoms with van der Waals surface area (Å²) < 4.78 is 13.2. The van der Waals surface area contributed by atoms with Crippen molar-refractivity contribution in [2.45, 2.75) is 63.8 Å². The average Bonchev–Trinajstić information content (AvgIpc) is 2.79. The molecule has 0 radical (unpaired) electrons. The molecule has 2 rings (SSSR count). The summed E-state index contributed by atoms with van der Waals surface area (Å²) in [6, 6.07) is 1.25. The number of carbonyl (C=O) groups is 1. The first-order valence-corrected chi connectivity index (χ1v) is 10.6. The lowest BCUT2D eigenvalue weighted by molar-refractivity contribution is -0.122. The van der Waals surface area contributed by atoms with Gasteiger partial charge in [-0.05, 0) is 18.1 Å². The number of hydrogen-bond donors (Lipinski definition) is 1. The van der Waals surface area contributed by atoms with E-state index in [1.54, 1.807) is 0 Å². The Hall–Kier alpha value is -1.51. The van der Waals surface area contributed by atoms with Gasteiger partial charge in [-0.1, -0.05) is 20.8 Å². The molecule has 1 saturated heterocycles. The molecule has 1 aromatic rings. The minimum atomic E-state index is -2.07. The molecule has 0 amide bonds. The smallest absolute Gasteiger partial charge is 0.330 e. The fourth-order valence-electron chi connectivity index (χ4n) is 2.28. The highest BCUT2D eigenvalue weighted by atomic mass is 28.4. The standard InChI is InChI=1S/C15H24N2O5Si/c1-15(2,3)23(4,5)22-10-8-13(21-11(10)9-18)17-7-6-12(19)16-14(17)20/h6-7,9-11,13H,8H2,1-5H3,(H,16,19,20)/t10?,11-,13-/m1/s1. The summed E-state index contributed by atoms with van der Waals surface area (Å²) in [4.78, 5) is 36.6. The first-order chi connectivity index (χ1) is 10.5. The van der Waals surface area contributed by atoms with Gasteiger partial charge in [0.25, 0.3) is 5.56 Å². The first kappa shape index (κ1) is 17.8. The summed E-state index contributed by atoms with van der Waals surface area (Å²) in [7, 11) is -2.07. The molecule has 3 atom stereocenters. The van der Waals surface area contributed by atoms with Crippen molar-refractivity contribution >= 4 is 14.6 Å². The molecule has 8 heteroatoms. The lowest BCUT2D eigenvalue weighted by Crippen LogP contribution is -2.46. The van der Waals surface area contributed by atoms with Crippen LogP contribution < -0.4 is 11.2 Å². The van der Waals surface area contributed by atoms with Crippen molar-refractivity contribution in [1.82, 2.24) is 9.55 Å². The van der Waals surface area contributed by atoms with Crippen LogP contribution in [0.15, 0.2) is 21.9 Å². The van der Waals surface area contributed by atoms with Gasteiger partial charge in [-0.3, -0.25) is 14.3 Å². The molecule has 0 aliphatic carbocycles. The third-order valence-corrected chi connectivity index (χ3v) is 9.17. The van der Waals surface area contributed by atoms with Crippen LogP contribution in [0.4, 0.5) is 0 Å². The van der Waals surface area contributed by atoms with Crippen LogP contribution in [0.3, 0.4) is 0 Å². The lowest BCUT2D eigenvalue weighted by atomic mass is 10.2. The predicted octanol–water partition coefficient (Wildman–Crippen LogP) is 1.41. The largest absolute Gasteiger partial charge is 0.411 e. The molecule has 0 aromatic carbocycles. The number of aromatic nitrogens is 2. The molecule has 1 fully saturated rings. The molecule has 7 nitrogen and oxygen atoms in total. The average molecular weight is 340 g/mol. The maximum absolute atomic E-state index is 11.9. The van der Waals surface area contributed by atoms with Crippen LogP contribution in [0.1, 0.15) is 33.4 Å². The molecule has 1 unspecified atom stereocenters. The monoisotopic (exact) mass is 340 g/mol. The minimum Gasteiger partial charge on any atom is -0.411 e. The second kappa shape index (κ2) is 6.18. The highest BCUT2D eigenvalue weighted by molar-refractivity contribution is 6.74. The normalized spacial score (nSPS) is 25.5. The number of nitrogens with one attached hydrogen (secondary N) is 1. The van der Waals surface area contributed by atoms with Crippen LogP contribution in [0.2, 0.25) is 18.1 Å². The highest BCUT2D eigenvalue weighted by Crippen LogP contribution is 2.40. The Labute approximate surface area is 135 Å². The molecular formula is C15H24N2O5Si. The van der Waals surface area contributed by atoms with Crippen LogP contribution in [-0.4, -0.2) is 36.4 Å². The molecule has 2 heterocycles. The van der Waals surface area contributed by atoms with E-state index >= 15 is 0 Å². The van der Waals surface area contributed by atoms with Crippen molar-refractivity contribution in [2.75, 3.05) is 0 Å². The van der Waals surface area contributed by atoms with Crippen LogP contribution >= 0.6 is 0 Å². The van der Waals surface area contributed by atoms with Gasteiger partial charge in [0.2, 0.25) is 0 Å². The molecule has 1 N–H and O–H groups in total. The van der Waals surface area contributed by atoms with Gasteiger partial charge >= 0.3 is 5.69 Å². The number of nitrogens with zero attached hydrogens (tertiary/aromatic N) is 1. The summed E-state index contributed by atoms with van der Waals surface area (Å²) in [5, 5.41) is 0.00728. The molecule has 0 saturated carbocycles. The fraction of sp³-hybridized carbons (Fsp3) is 0.667. The van der Waals surface area contributed by atoms with E-state index < -0.39 is 38.0 Å². The fourth-order valence-corrected chi connectivity index (χ4v) is 3.62. The highest BCUT2D eigenvalue weighted by Gasteiger charge is 2.45. The van der Waals surface area contributed by atoms with Crippen molar-refractivity contribution in [3.63, 3.8) is 0 Å². The molecule has 1 aliphatic rings. The van der Waals surface area contributed by atoms with Crippen LogP contribution in [0, 0.1) is 0 Å². The zero-order valence-corrected chi connectivity index (χ0v) is 15.2. The second-order valence-electron chi connectivity index (χ2n) is 7.36. The van der Waals surface area contributed by atoms with Crippen LogP contribution in [0.5, 0.6) is 0 Å². The lowest BCUT2D eigenvalue weighted by Gasteiger charge is -2.38. The van der Waals surface area contributed by atoms with E-state index in [0.717, 1.165) is 0 Å². The summed E-state index contributed by atoms with van der Waals surface area (Å²) in [6.45, 7) is 10.6. The van der Waals surface area contributed by atoms with Crippen LogP contribution in [0.25, 0.3) is 0 Å². The first-order valence-electron chi connectivity index (χ1n) is 7.65. The molecule has 0 spiro atoms. The second-order valence-corrected chi connectivity index (χ2v) is 12.1. The quantitative estimate of drug-likeness (QED) is 0.661. The number of ether oxygens (including phenoxy) is 1. The van der Waals surface area contributed by atoms with Gasteiger partial charge in [0, 0.05) is 18.7 Å². The topological polar surface area (TPSA) is 90.4 Å². The predicted molar refractivity (Wildman–Crippen MR) is 88.0 cm³/mol. The number of rotatable bonds is 4. The van der Waals surface area contributed by atoms with E-state index in [1.807, 2.05) is 0 Å². The number of H-pyrrole nitrogens is 1. The summed E-state index contributed by atoms with van der Waals surface area (Å²) >= 11 is 0. The molecular weight excluding hydrogens is 316 g/mol. The van der Waals surface area contributed by atoms with Crippen molar-refractivity contribution in [2.24, 2.45) is 0 Å². The van der Waals surface area contributed by atoms with E-state index in [-0.39, 0.29) is 5.04 Å². The van der Waals surface area contributed by atoms with Gasteiger partial charge in [-0.2, -0.15) is 0 Å². The third-order valence-electron chi connectivity index (χ3n) is 4.66. The Bertz CT molecular complexity index is 688. The molecule has 23 heavy (non-hydrogen) atoms. The van der Waals surface area contributed by atoms with Gasteiger partial charge in [0.05, 0.1) is 6.10 Å². The van der Waals surface area contributed by atoms with Crippen molar-refractivity contribution in [3.05, 3.63) is 33.1 Å².